The van der Waals surface area contributed by atoms with Crippen LogP contribution in [0.4, 0.5) is 5.69 Å². The average molecular weight is 408 g/mol. The van der Waals surface area contributed by atoms with Gasteiger partial charge >= 0.3 is 5.97 Å². The van der Waals surface area contributed by atoms with E-state index >= 15 is 0 Å². The molecular weight excluding hydrogens is 389 g/mol. The van der Waals surface area contributed by atoms with Gasteiger partial charge < -0.3 is 14.8 Å². The van der Waals surface area contributed by atoms with Crippen LogP contribution in [0.15, 0.2) is 48.5 Å². The summed E-state index contributed by atoms with van der Waals surface area (Å²) in [4.78, 5) is 24.2. The standard InChI is InChI=1S/C20H19Cl2NO4/c1-3-26-18-7-5-4-6-14(18)8-11-19(24)27-13(2)20(25)23-17-10-9-15(21)12-16(17)22/h4-13H,3H2,1-2H3,(H,23,25)/b11-8+. The van der Waals surface area contributed by atoms with Gasteiger partial charge in [0.2, 0.25) is 0 Å². The van der Waals surface area contributed by atoms with Gasteiger partial charge in [0.15, 0.2) is 6.10 Å². The van der Waals surface area contributed by atoms with Crippen LogP contribution in [0.3, 0.4) is 0 Å². The van der Waals surface area contributed by atoms with Crippen LogP contribution in [0.5, 0.6) is 5.75 Å². The fourth-order valence-corrected chi connectivity index (χ4v) is 2.61. The number of rotatable bonds is 7. The predicted octanol–water partition coefficient (Wildman–Crippen LogP) is 4.98. The first-order valence-corrected chi connectivity index (χ1v) is 9.02. The second-order valence-electron chi connectivity index (χ2n) is 5.50. The van der Waals surface area contributed by atoms with Crippen molar-refractivity contribution in [2.24, 2.45) is 0 Å². The molecule has 1 N–H and O–H groups in total. The Morgan fingerprint density at radius 2 is 1.93 bits per heavy atom. The minimum atomic E-state index is -1.00. The highest BCUT2D eigenvalue weighted by Crippen LogP contribution is 2.25. The molecular formula is C20H19Cl2NO4. The van der Waals surface area contributed by atoms with E-state index in [0.717, 1.165) is 5.56 Å². The number of para-hydroxylation sites is 1. The first kappa shape index (κ1) is 20.8. The lowest BCUT2D eigenvalue weighted by molar-refractivity contribution is -0.148. The van der Waals surface area contributed by atoms with Crippen molar-refractivity contribution in [3.8, 4) is 5.75 Å². The topological polar surface area (TPSA) is 64.6 Å². The second-order valence-corrected chi connectivity index (χ2v) is 6.34. The van der Waals surface area contributed by atoms with E-state index in [1.165, 1.54) is 19.1 Å². The summed E-state index contributed by atoms with van der Waals surface area (Å²) in [5, 5.41) is 3.34. The molecule has 2 aromatic rings. The van der Waals surface area contributed by atoms with E-state index in [-0.39, 0.29) is 0 Å². The largest absolute Gasteiger partial charge is 0.493 e. The van der Waals surface area contributed by atoms with Gasteiger partial charge in [-0.25, -0.2) is 4.79 Å². The van der Waals surface area contributed by atoms with Gasteiger partial charge in [-0.3, -0.25) is 4.79 Å². The molecule has 0 aliphatic heterocycles. The molecule has 142 valence electrons. The SMILES string of the molecule is CCOc1ccccc1/C=C/C(=O)OC(C)C(=O)Nc1ccc(Cl)cc1Cl. The number of carbonyl (C=O) groups is 2. The number of hydrogen-bond acceptors (Lipinski definition) is 4. The van der Waals surface area contributed by atoms with Gasteiger partial charge in [-0.05, 0) is 44.2 Å². The Morgan fingerprint density at radius 3 is 2.63 bits per heavy atom. The lowest BCUT2D eigenvalue weighted by Gasteiger charge is -2.13. The number of benzene rings is 2. The summed E-state index contributed by atoms with van der Waals surface area (Å²) >= 11 is 11.8. The van der Waals surface area contributed by atoms with E-state index in [1.807, 2.05) is 25.1 Å². The zero-order chi connectivity index (χ0) is 19.8. The monoisotopic (exact) mass is 407 g/mol. The molecule has 2 aromatic carbocycles. The lowest BCUT2D eigenvalue weighted by Crippen LogP contribution is -2.29. The summed E-state index contributed by atoms with van der Waals surface area (Å²) in [5.41, 5.74) is 1.12. The van der Waals surface area contributed by atoms with E-state index < -0.39 is 18.0 Å². The molecule has 0 saturated carbocycles. The molecule has 1 unspecified atom stereocenters. The van der Waals surface area contributed by atoms with Crippen molar-refractivity contribution in [2.45, 2.75) is 20.0 Å². The van der Waals surface area contributed by atoms with E-state index in [2.05, 4.69) is 5.32 Å². The fraction of sp³-hybridized carbons (Fsp3) is 0.200. The Balaban J connectivity index is 1.95. The number of anilines is 1. The van der Waals surface area contributed by atoms with Crippen LogP contribution in [-0.4, -0.2) is 24.6 Å². The number of nitrogens with one attached hydrogen (secondary N) is 1. The van der Waals surface area contributed by atoms with Gasteiger partial charge in [0, 0.05) is 16.7 Å². The van der Waals surface area contributed by atoms with E-state index in [4.69, 9.17) is 32.7 Å². The zero-order valence-electron chi connectivity index (χ0n) is 14.9. The number of ether oxygens (including phenoxy) is 2. The Labute approximate surface area is 167 Å². The molecule has 0 fully saturated rings. The maximum absolute atomic E-state index is 12.2. The normalized spacial score (nSPS) is 11.9. The van der Waals surface area contributed by atoms with E-state index in [0.29, 0.717) is 28.1 Å². The van der Waals surface area contributed by atoms with Crippen molar-refractivity contribution in [3.05, 3.63) is 64.1 Å². The number of esters is 1. The molecule has 0 bridgehead atoms. The number of halogens is 2. The van der Waals surface area contributed by atoms with Crippen molar-refractivity contribution in [1.82, 2.24) is 0 Å². The third-order valence-electron chi connectivity index (χ3n) is 3.47. The average Bonchev–Trinajstić information content (AvgIpc) is 2.63. The smallest absolute Gasteiger partial charge is 0.331 e. The third kappa shape index (κ3) is 6.31. The van der Waals surface area contributed by atoms with Crippen LogP contribution in [0.25, 0.3) is 6.08 Å². The molecule has 0 heterocycles. The van der Waals surface area contributed by atoms with Crippen LogP contribution in [0.2, 0.25) is 10.0 Å². The summed E-state index contributed by atoms with van der Waals surface area (Å²) in [6.45, 7) is 3.86. The molecule has 1 atom stereocenters. The van der Waals surface area contributed by atoms with Gasteiger partial charge in [0.25, 0.3) is 5.91 Å². The van der Waals surface area contributed by atoms with Gasteiger partial charge in [0.1, 0.15) is 5.75 Å². The Morgan fingerprint density at radius 1 is 1.19 bits per heavy atom. The Hall–Kier alpha value is -2.50. The van der Waals surface area contributed by atoms with Gasteiger partial charge in [-0.2, -0.15) is 0 Å². The molecule has 1 amide bonds. The maximum Gasteiger partial charge on any atom is 0.331 e. The first-order valence-electron chi connectivity index (χ1n) is 8.27. The molecule has 5 nitrogen and oxygen atoms in total. The maximum atomic E-state index is 12.2. The molecule has 0 aliphatic carbocycles. The van der Waals surface area contributed by atoms with Crippen LogP contribution < -0.4 is 10.1 Å². The highest BCUT2D eigenvalue weighted by atomic mass is 35.5. The lowest BCUT2D eigenvalue weighted by atomic mass is 10.2. The summed E-state index contributed by atoms with van der Waals surface area (Å²) in [6, 6.07) is 12.0. The fourth-order valence-electron chi connectivity index (χ4n) is 2.16. The van der Waals surface area contributed by atoms with Crippen molar-refractivity contribution in [3.63, 3.8) is 0 Å². The number of amides is 1. The molecule has 0 aliphatic rings. The van der Waals surface area contributed by atoms with Crippen molar-refractivity contribution in [2.75, 3.05) is 11.9 Å². The predicted molar refractivity (Wildman–Crippen MR) is 107 cm³/mol. The molecule has 27 heavy (non-hydrogen) atoms. The zero-order valence-corrected chi connectivity index (χ0v) is 16.4. The van der Waals surface area contributed by atoms with E-state index in [1.54, 1.807) is 24.3 Å². The molecule has 0 saturated heterocycles. The minimum Gasteiger partial charge on any atom is -0.493 e. The number of carbonyl (C=O) groups excluding carboxylic acids is 2. The van der Waals surface area contributed by atoms with Crippen molar-refractivity contribution in [1.29, 1.82) is 0 Å². The van der Waals surface area contributed by atoms with Gasteiger partial charge in [-0.1, -0.05) is 41.4 Å². The minimum absolute atomic E-state index is 0.293. The summed E-state index contributed by atoms with van der Waals surface area (Å²) in [7, 11) is 0. The Bertz CT molecular complexity index is 852. The van der Waals surface area contributed by atoms with Gasteiger partial charge in [-0.15, -0.1) is 0 Å². The van der Waals surface area contributed by atoms with Crippen LogP contribution >= 0.6 is 23.2 Å². The quantitative estimate of drug-likeness (QED) is 0.519. The van der Waals surface area contributed by atoms with Crippen LogP contribution in [0.1, 0.15) is 19.4 Å². The Kier molecular flexibility index (Phi) is 7.70. The van der Waals surface area contributed by atoms with Crippen molar-refractivity contribution >= 4 is 46.8 Å². The third-order valence-corrected chi connectivity index (χ3v) is 4.02. The molecule has 2 rings (SSSR count). The van der Waals surface area contributed by atoms with Crippen molar-refractivity contribution < 1.29 is 19.1 Å². The highest BCUT2D eigenvalue weighted by Gasteiger charge is 2.18. The van der Waals surface area contributed by atoms with Gasteiger partial charge in [0.05, 0.1) is 17.3 Å². The van der Waals surface area contributed by atoms with E-state index in [9.17, 15) is 9.59 Å². The molecule has 7 heteroatoms. The first-order chi connectivity index (χ1) is 12.9. The number of hydrogen-bond donors (Lipinski definition) is 1. The summed E-state index contributed by atoms with van der Waals surface area (Å²) in [5.74, 6) is -0.492. The molecule has 0 aromatic heterocycles. The molecule has 0 spiro atoms. The summed E-state index contributed by atoms with van der Waals surface area (Å²) < 4.78 is 10.6. The van der Waals surface area contributed by atoms with Crippen LogP contribution in [0, 0.1) is 0 Å². The summed E-state index contributed by atoms with van der Waals surface area (Å²) in [6.07, 6.45) is 1.82. The highest BCUT2D eigenvalue weighted by molar-refractivity contribution is 6.36. The molecule has 0 radical (unpaired) electrons. The second kappa shape index (κ2) is 10.00. The van der Waals surface area contributed by atoms with Crippen LogP contribution in [-0.2, 0) is 14.3 Å².